The van der Waals surface area contributed by atoms with Gasteiger partial charge in [0.15, 0.2) is 11.5 Å². The standard InChI is InChI=1S/C30H34N2O5/c1-18(33)36-24-17-25(35-4)28-27-20(24)16-23-21-11-12-22(29(37-28)30(21,27)14-15-31(23)2)32(3)26(34)13-10-19-8-6-5-7-9-19/h5-10,13,17,21-23,29H,11-12,14-16H2,1-4H3/t21-,22-,23+,29-,30-/m0/s1. The third-order valence-electron chi connectivity index (χ3n) is 9.17. The van der Waals surface area contributed by atoms with Crippen LogP contribution in [0.15, 0.2) is 42.5 Å². The summed E-state index contributed by atoms with van der Waals surface area (Å²) in [6, 6.07) is 11.9. The highest BCUT2D eigenvalue weighted by atomic mass is 16.5. The second kappa shape index (κ2) is 8.91. The highest BCUT2D eigenvalue weighted by molar-refractivity contribution is 5.92. The van der Waals surface area contributed by atoms with Crippen molar-refractivity contribution in [3.63, 3.8) is 0 Å². The molecule has 2 bridgehead atoms. The maximum absolute atomic E-state index is 13.4. The zero-order valence-corrected chi connectivity index (χ0v) is 21.9. The average molecular weight is 503 g/mol. The molecule has 0 N–H and O–H groups in total. The number of esters is 1. The van der Waals surface area contributed by atoms with E-state index in [2.05, 4.69) is 11.9 Å². The topological polar surface area (TPSA) is 68.3 Å². The molecule has 1 saturated heterocycles. The van der Waals surface area contributed by atoms with E-state index in [1.54, 1.807) is 19.3 Å². The van der Waals surface area contributed by atoms with E-state index in [4.69, 9.17) is 14.2 Å². The van der Waals surface area contributed by atoms with Crippen LogP contribution in [0.1, 0.15) is 42.9 Å². The van der Waals surface area contributed by atoms with E-state index in [0.717, 1.165) is 54.7 Å². The minimum absolute atomic E-state index is 0.0312. The summed E-state index contributed by atoms with van der Waals surface area (Å²) in [6.07, 6.45) is 6.98. The zero-order valence-electron chi connectivity index (χ0n) is 21.9. The molecule has 194 valence electrons. The summed E-state index contributed by atoms with van der Waals surface area (Å²) in [5.74, 6) is 1.95. The summed E-state index contributed by atoms with van der Waals surface area (Å²) in [5.41, 5.74) is 2.95. The molecule has 0 radical (unpaired) electrons. The molecule has 6 rings (SSSR count). The van der Waals surface area contributed by atoms with Gasteiger partial charge < -0.3 is 24.0 Å². The Balaban J connectivity index is 1.42. The van der Waals surface area contributed by atoms with E-state index in [0.29, 0.717) is 23.5 Å². The third-order valence-corrected chi connectivity index (χ3v) is 9.17. The Morgan fingerprint density at radius 3 is 2.70 bits per heavy atom. The molecule has 0 aromatic heterocycles. The summed E-state index contributed by atoms with van der Waals surface area (Å²) >= 11 is 0. The van der Waals surface area contributed by atoms with Gasteiger partial charge in [-0.3, -0.25) is 9.59 Å². The molecule has 7 heteroatoms. The van der Waals surface area contributed by atoms with E-state index < -0.39 is 0 Å². The van der Waals surface area contributed by atoms with Crippen molar-refractivity contribution in [3.05, 3.63) is 59.2 Å². The van der Waals surface area contributed by atoms with Crippen LogP contribution in [0.3, 0.4) is 0 Å². The molecule has 2 aromatic rings. The van der Waals surface area contributed by atoms with Gasteiger partial charge in [-0.25, -0.2) is 0 Å². The Labute approximate surface area is 218 Å². The van der Waals surface area contributed by atoms with Gasteiger partial charge in [0, 0.05) is 48.7 Å². The van der Waals surface area contributed by atoms with Crippen molar-refractivity contribution in [1.29, 1.82) is 0 Å². The molecule has 4 aliphatic rings. The first-order chi connectivity index (χ1) is 17.8. The van der Waals surface area contributed by atoms with Gasteiger partial charge in [-0.15, -0.1) is 0 Å². The lowest BCUT2D eigenvalue weighted by atomic mass is 9.51. The van der Waals surface area contributed by atoms with Crippen LogP contribution in [-0.2, 0) is 21.4 Å². The molecule has 5 atom stereocenters. The fourth-order valence-electron chi connectivity index (χ4n) is 7.56. The number of carbonyl (C=O) groups is 2. The number of hydrogen-bond donors (Lipinski definition) is 0. The normalized spacial score (nSPS) is 29.4. The smallest absolute Gasteiger partial charge is 0.308 e. The molecule has 2 heterocycles. The van der Waals surface area contributed by atoms with Gasteiger partial charge in [0.2, 0.25) is 5.91 Å². The van der Waals surface area contributed by atoms with E-state index in [9.17, 15) is 9.59 Å². The quantitative estimate of drug-likeness (QED) is 0.352. The Kier molecular flexibility index (Phi) is 5.79. The number of benzene rings is 2. The molecule has 37 heavy (non-hydrogen) atoms. The number of nitrogens with zero attached hydrogens (tertiary/aromatic N) is 2. The summed E-state index contributed by atoms with van der Waals surface area (Å²) in [4.78, 5) is 29.7. The predicted molar refractivity (Wildman–Crippen MR) is 140 cm³/mol. The molecule has 1 amide bonds. The third kappa shape index (κ3) is 3.58. The van der Waals surface area contributed by atoms with Crippen LogP contribution >= 0.6 is 0 Å². The summed E-state index contributed by atoms with van der Waals surface area (Å²) in [7, 11) is 5.71. The lowest BCUT2D eigenvalue weighted by Gasteiger charge is -2.59. The van der Waals surface area contributed by atoms with Gasteiger partial charge in [0.1, 0.15) is 11.9 Å². The second-order valence-corrected chi connectivity index (χ2v) is 10.9. The van der Waals surface area contributed by atoms with Crippen LogP contribution < -0.4 is 14.2 Å². The van der Waals surface area contributed by atoms with Crippen molar-refractivity contribution >= 4 is 18.0 Å². The largest absolute Gasteiger partial charge is 0.493 e. The Morgan fingerprint density at radius 1 is 1.19 bits per heavy atom. The number of amides is 1. The number of hydrogen-bond acceptors (Lipinski definition) is 6. The Bertz CT molecular complexity index is 1270. The fourth-order valence-corrected chi connectivity index (χ4v) is 7.56. The molecule has 7 nitrogen and oxygen atoms in total. The lowest BCUT2D eigenvalue weighted by Crippen LogP contribution is -2.68. The maximum Gasteiger partial charge on any atom is 0.308 e. The van der Waals surface area contributed by atoms with Crippen LogP contribution in [0.5, 0.6) is 17.2 Å². The van der Waals surface area contributed by atoms with Gasteiger partial charge in [-0.1, -0.05) is 30.3 Å². The summed E-state index contributed by atoms with van der Waals surface area (Å²) < 4.78 is 18.3. The lowest BCUT2D eigenvalue weighted by molar-refractivity contribution is -0.135. The maximum atomic E-state index is 13.4. The van der Waals surface area contributed by atoms with Crippen LogP contribution in [0.25, 0.3) is 6.08 Å². The van der Waals surface area contributed by atoms with Crippen LogP contribution in [0.4, 0.5) is 0 Å². The zero-order chi connectivity index (χ0) is 25.9. The molecular formula is C30H34N2O5. The van der Waals surface area contributed by atoms with Gasteiger partial charge in [0.25, 0.3) is 0 Å². The number of ether oxygens (including phenoxy) is 3. The van der Waals surface area contributed by atoms with Crippen LogP contribution in [-0.4, -0.2) is 67.6 Å². The van der Waals surface area contributed by atoms with Crippen molar-refractivity contribution in [3.8, 4) is 17.2 Å². The van der Waals surface area contributed by atoms with Gasteiger partial charge in [0.05, 0.1) is 13.2 Å². The van der Waals surface area contributed by atoms with Crippen LogP contribution in [0, 0.1) is 5.92 Å². The molecule has 2 aromatic carbocycles. The monoisotopic (exact) mass is 502 g/mol. The van der Waals surface area contributed by atoms with Crippen molar-refractivity contribution in [2.24, 2.45) is 5.92 Å². The highest BCUT2D eigenvalue weighted by Gasteiger charge is 2.66. The molecule has 1 spiro atoms. The average Bonchev–Trinajstić information content (AvgIpc) is 3.24. The minimum Gasteiger partial charge on any atom is -0.493 e. The predicted octanol–water partition coefficient (Wildman–Crippen LogP) is 3.83. The summed E-state index contributed by atoms with van der Waals surface area (Å²) in [5, 5.41) is 0. The number of rotatable bonds is 5. The van der Waals surface area contributed by atoms with Gasteiger partial charge in [-0.05, 0) is 56.8 Å². The molecule has 2 aliphatic heterocycles. The second-order valence-electron chi connectivity index (χ2n) is 10.9. The van der Waals surface area contributed by atoms with E-state index >= 15 is 0 Å². The Morgan fingerprint density at radius 2 is 1.97 bits per heavy atom. The van der Waals surface area contributed by atoms with Gasteiger partial charge in [-0.2, -0.15) is 0 Å². The first-order valence-corrected chi connectivity index (χ1v) is 13.1. The summed E-state index contributed by atoms with van der Waals surface area (Å²) in [6.45, 7) is 2.39. The van der Waals surface area contributed by atoms with Crippen molar-refractivity contribution in [1.82, 2.24) is 9.80 Å². The molecule has 1 saturated carbocycles. The molecule has 2 aliphatic carbocycles. The first kappa shape index (κ1) is 24.0. The molecular weight excluding hydrogens is 468 g/mol. The van der Waals surface area contributed by atoms with Crippen molar-refractivity contribution in [2.45, 2.75) is 56.2 Å². The van der Waals surface area contributed by atoms with E-state index in [1.807, 2.05) is 48.4 Å². The Hall–Kier alpha value is -3.32. The van der Waals surface area contributed by atoms with E-state index in [1.165, 1.54) is 6.92 Å². The molecule has 0 unspecified atom stereocenters. The number of likely N-dealkylation sites (tertiary alicyclic amines) is 1. The number of methoxy groups -OCH3 is 1. The van der Waals surface area contributed by atoms with Crippen LogP contribution in [0.2, 0.25) is 0 Å². The molecule has 2 fully saturated rings. The minimum atomic E-state index is -0.344. The van der Waals surface area contributed by atoms with E-state index in [-0.39, 0.29) is 29.4 Å². The number of carbonyl (C=O) groups excluding carboxylic acids is 2. The number of likely N-dealkylation sites (N-methyl/N-ethyl adjacent to an activating group) is 2. The van der Waals surface area contributed by atoms with Gasteiger partial charge >= 0.3 is 5.97 Å². The SMILES string of the molecule is COc1cc(OC(C)=O)c2c3c1O[C@H]1[C@@H](N(C)C(=O)C=Cc4ccccc4)CC[C@H]4[C@@H](C2)N(C)CC[C@@]341. The highest BCUT2D eigenvalue weighted by Crippen LogP contribution is 2.65. The number of piperidine rings is 1. The first-order valence-electron chi connectivity index (χ1n) is 13.1. The fraction of sp³-hybridized carbons (Fsp3) is 0.467. The van der Waals surface area contributed by atoms with Crippen molar-refractivity contribution < 1.29 is 23.8 Å². The van der Waals surface area contributed by atoms with Crippen molar-refractivity contribution in [2.75, 3.05) is 27.7 Å².